The van der Waals surface area contributed by atoms with Crippen molar-refractivity contribution in [2.45, 2.75) is 4.90 Å². The van der Waals surface area contributed by atoms with Gasteiger partial charge in [0, 0.05) is 6.07 Å². The SMILES string of the molecule is N=[N+]=NS(=O)(=O)c1ccccc1[N+](=O)[O-]. The van der Waals surface area contributed by atoms with Crippen LogP contribution in [0.1, 0.15) is 0 Å². The summed E-state index contributed by atoms with van der Waals surface area (Å²) >= 11 is 0. The van der Waals surface area contributed by atoms with Crippen LogP contribution in [0.5, 0.6) is 0 Å². The molecule has 0 heterocycles. The number of hydrogen-bond donors (Lipinski definition) is 1. The average Bonchev–Trinajstić information content (AvgIpc) is 2.17. The summed E-state index contributed by atoms with van der Waals surface area (Å²) in [6.45, 7) is 0. The summed E-state index contributed by atoms with van der Waals surface area (Å²) in [5, 5.41) is 10.5. The van der Waals surface area contributed by atoms with Crippen molar-refractivity contribution in [2.24, 2.45) is 4.52 Å². The Bertz CT molecular complexity index is 546. The first-order chi connectivity index (χ1) is 6.99. The first kappa shape index (κ1) is 11.0. The molecule has 8 nitrogen and oxygen atoms in total. The van der Waals surface area contributed by atoms with Crippen molar-refractivity contribution in [3.63, 3.8) is 0 Å². The van der Waals surface area contributed by atoms with Crippen LogP contribution >= 0.6 is 0 Å². The second kappa shape index (κ2) is 3.95. The monoisotopic (exact) mass is 229 g/mol. The van der Waals surface area contributed by atoms with Gasteiger partial charge in [0.05, 0.1) is 4.92 Å². The van der Waals surface area contributed by atoms with Crippen molar-refractivity contribution in [1.29, 1.82) is 5.53 Å². The van der Waals surface area contributed by atoms with Gasteiger partial charge in [-0.05, 0) is 6.07 Å². The summed E-state index contributed by atoms with van der Waals surface area (Å²) in [4.78, 5) is 11.4. The van der Waals surface area contributed by atoms with Gasteiger partial charge in [0.1, 0.15) is 5.53 Å². The molecule has 78 valence electrons. The highest BCUT2D eigenvalue weighted by Crippen LogP contribution is 2.23. The van der Waals surface area contributed by atoms with E-state index in [0.717, 1.165) is 12.1 Å². The highest BCUT2D eigenvalue weighted by molar-refractivity contribution is 7.90. The van der Waals surface area contributed by atoms with Gasteiger partial charge >= 0.3 is 10.0 Å². The second-order valence-electron chi connectivity index (χ2n) is 2.38. The Hall–Kier alpha value is -2.12. The molecule has 0 aliphatic heterocycles. The third-order valence-corrected chi connectivity index (χ3v) is 2.69. The van der Waals surface area contributed by atoms with Gasteiger partial charge in [0.15, 0.2) is 4.90 Å². The molecule has 0 aliphatic rings. The van der Waals surface area contributed by atoms with Crippen LogP contribution in [-0.2, 0) is 10.0 Å². The van der Waals surface area contributed by atoms with Crippen LogP contribution < -0.4 is 4.91 Å². The lowest BCUT2D eigenvalue weighted by Gasteiger charge is -1.95. The molecule has 1 aromatic carbocycles. The van der Waals surface area contributed by atoms with E-state index in [1.54, 1.807) is 0 Å². The van der Waals surface area contributed by atoms with Gasteiger partial charge in [-0.15, -0.1) is 0 Å². The van der Waals surface area contributed by atoms with Crippen molar-refractivity contribution in [1.82, 2.24) is 4.91 Å². The zero-order valence-electron chi connectivity index (χ0n) is 7.19. The molecule has 0 radical (unpaired) electrons. The summed E-state index contributed by atoms with van der Waals surface area (Å²) in [5.41, 5.74) is 5.70. The normalized spacial score (nSPS) is 10.4. The van der Waals surface area contributed by atoms with Crippen LogP contribution in [0.15, 0.2) is 33.7 Å². The van der Waals surface area contributed by atoms with E-state index in [9.17, 15) is 18.5 Å². The number of nitro benzene ring substituents is 1. The van der Waals surface area contributed by atoms with Crippen LogP contribution in [0.25, 0.3) is 0 Å². The van der Waals surface area contributed by atoms with E-state index in [1.807, 2.05) is 0 Å². The van der Waals surface area contributed by atoms with Crippen LogP contribution in [0, 0.1) is 15.6 Å². The highest BCUT2D eigenvalue weighted by atomic mass is 32.2. The first-order valence-corrected chi connectivity index (χ1v) is 5.00. The molecule has 9 heteroatoms. The van der Waals surface area contributed by atoms with E-state index < -0.39 is 25.5 Å². The molecule has 1 rings (SSSR count). The number of nitrogens with zero attached hydrogens (tertiary/aromatic N) is 3. The molecule has 0 amide bonds. The van der Waals surface area contributed by atoms with E-state index in [2.05, 4.69) is 9.43 Å². The lowest BCUT2D eigenvalue weighted by atomic mass is 10.3. The Labute approximate surface area is 84.0 Å². The molecular formula is C6H5N4O4S+. The van der Waals surface area contributed by atoms with E-state index in [-0.39, 0.29) is 0 Å². The van der Waals surface area contributed by atoms with Gasteiger partial charge in [-0.1, -0.05) is 12.1 Å². The Morgan fingerprint density at radius 3 is 2.53 bits per heavy atom. The van der Waals surface area contributed by atoms with Crippen molar-refractivity contribution in [3.8, 4) is 0 Å². The van der Waals surface area contributed by atoms with E-state index in [4.69, 9.17) is 5.53 Å². The zero-order chi connectivity index (χ0) is 11.5. The van der Waals surface area contributed by atoms with Crippen LogP contribution in [0.4, 0.5) is 5.69 Å². The quantitative estimate of drug-likeness (QED) is 0.356. The maximum atomic E-state index is 11.3. The molecule has 0 aliphatic carbocycles. The Balaban J connectivity index is 3.51. The standard InChI is InChI=1S/C6H5N4O4S/c7-8-9-15(13,14)6-4-2-1-3-5(6)10(11)12/h1-4,7H/q+1. The molecule has 0 spiro atoms. The van der Waals surface area contributed by atoms with E-state index >= 15 is 0 Å². The average molecular weight is 229 g/mol. The number of hydrogen-bond acceptors (Lipinski definition) is 5. The predicted molar refractivity (Wildman–Crippen MR) is 47.6 cm³/mol. The predicted octanol–water partition coefficient (Wildman–Crippen LogP) is 0.834. The molecule has 0 aromatic heterocycles. The molecule has 1 N–H and O–H groups in total. The number of rotatable bonds is 3. The lowest BCUT2D eigenvalue weighted by Crippen LogP contribution is -2.01. The van der Waals surface area contributed by atoms with Crippen molar-refractivity contribution in [3.05, 3.63) is 34.4 Å². The zero-order valence-corrected chi connectivity index (χ0v) is 8.01. The highest BCUT2D eigenvalue weighted by Gasteiger charge is 2.28. The van der Waals surface area contributed by atoms with Gasteiger partial charge in [-0.3, -0.25) is 10.1 Å². The molecule has 0 atom stereocenters. The molecule has 15 heavy (non-hydrogen) atoms. The maximum absolute atomic E-state index is 11.3. The summed E-state index contributed by atoms with van der Waals surface area (Å²) in [6.07, 6.45) is 0. The summed E-state index contributed by atoms with van der Waals surface area (Å²) < 4.78 is 25.2. The van der Waals surface area contributed by atoms with Crippen LogP contribution in [0.2, 0.25) is 0 Å². The second-order valence-corrected chi connectivity index (χ2v) is 3.93. The smallest absolute Gasteiger partial charge is 0.258 e. The molecule has 0 unspecified atom stereocenters. The molecular weight excluding hydrogens is 224 g/mol. The minimum atomic E-state index is -4.26. The van der Waals surface area contributed by atoms with Gasteiger partial charge in [-0.25, -0.2) is 0 Å². The third-order valence-electron chi connectivity index (χ3n) is 1.49. The fourth-order valence-corrected chi connectivity index (χ4v) is 1.78. The number of benzene rings is 1. The van der Waals surface area contributed by atoms with Gasteiger partial charge in [0.25, 0.3) is 10.2 Å². The van der Waals surface area contributed by atoms with Gasteiger partial charge in [0.2, 0.25) is 4.91 Å². The molecule has 0 bridgehead atoms. The van der Waals surface area contributed by atoms with Gasteiger partial charge in [-0.2, -0.15) is 8.42 Å². The number of nitro groups is 1. The van der Waals surface area contributed by atoms with Crippen molar-refractivity contribution < 1.29 is 13.3 Å². The number of para-hydroxylation sites is 1. The van der Waals surface area contributed by atoms with Crippen LogP contribution in [0.3, 0.4) is 0 Å². The Morgan fingerprint density at radius 2 is 2.00 bits per heavy atom. The number of sulfonamides is 1. The largest absolute Gasteiger partial charge is 0.362 e. The fraction of sp³-hybridized carbons (Fsp3) is 0. The topological polar surface area (TPSA) is 128 Å². The lowest BCUT2D eigenvalue weighted by molar-refractivity contribution is -0.387. The first-order valence-electron chi connectivity index (χ1n) is 3.56. The number of nitrogens with one attached hydrogen (secondary N) is 1. The summed E-state index contributed by atoms with van der Waals surface area (Å²) in [6, 6.07) is 4.71. The van der Waals surface area contributed by atoms with Crippen LogP contribution in [-0.4, -0.2) is 13.3 Å². The van der Waals surface area contributed by atoms with Crippen molar-refractivity contribution >= 4 is 15.7 Å². The summed E-state index contributed by atoms with van der Waals surface area (Å²) in [5.74, 6) is 0. The minimum absolute atomic E-state index is 0.578. The molecule has 0 saturated heterocycles. The summed E-state index contributed by atoms with van der Waals surface area (Å²) in [7, 11) is -4.26. The third kappa shape index (κ3) is 2.22. The van der Waals surface area contributed by atoms with Gasteiger partial charge < -0.3 is 0 Å². The van der Waals surface area contributed by atoms with Crippen molar-refractivity contribution in [2.75, 3.05) is 0 Å². The minimum Gasteiger partial charge on any atom is -0.258 e. The fourth-order valence-electron chi connectivity index (χ4n) is 0.924. The Morgan fingerprint density at radius 1 is 1.40 bits per heavy atom. The maximum Gasteiger partial charge on any atom is 0.362 e. The Kier molecular flexibility index (Phi) is 2.88. The molecule has 1 aromatic rings. The molecule has 0 fully saturated rings. The van der Waals surface area contributed by atoms with E-state index in [0.29, 0.717) is 0 Å². The van der Waals surface area contributed by atoms with E-state index in [1.165, 1.54) is 12.1 Å². The molecule has 0 saturated carbocycles.